The summed E-state index contributed by atoms with van der Waals surface area (Å²) >= 11 is 0. The number of rotatable bonds is 3. The minimum absolute atomic E-state index is 0.0519. The Hall–Kier alpha value is -1.20. The molecule has 1 saturated heterocycles. The first-order valence-electron chi connectivity index (χ1n) is 5.54. The Morgan fingerprint density at radius 1 is 1.75 bits per heavy atom. The zero-order chi connectivity index (χ0) is 11.5. The van der Waals surface area contributed by atoms with E-state index in [2.05, 4.69) is 5.10 Å². The number of hydrogen-bond donors (Lipinski definition) is 1. The van der Waals surface area contributed by atoms with E-state index in [4.69, 9.17) is 10.5 Å². The maximum Gasteiger partial charge on any atom is 0.159 e. The Morgan fingerprint density at radius 2 is 2.56 bits per heavy atom. The summed E-state index contributed by atoms with van der Waals surface area (Å²) in [4.78, 5) is 12.1. The highest BCUT2D eigenvalue weighted by molar-refractivity contribution is 5.87. The van der Waals surface area contributed by atoms with Crippen LogP contribution in [-0.2, 0) is 16.6 Å². The van der Waals surface area contributed by atoms with Gasteiger partial charge in [-0.15, -0.1) is 0 Å². The van der Waals surface area contributed by atoms with Crippen LogP contribution in [-0.4, -0.2) is 28.8 Å². The largest absolute Gasteiger partial charge is 0.381 e. The second-order valence-corrected chi connectivity index (χ2v) is 4.24. The van der Waals surface area contributed by atoms with Crippen molar-refractivity contribution >= 4 is 5.78 Å². The number of ketones is 1. The summed E-state index contributed by atoms with van der Waals surface area (Å²) in [6, 6.07) is -0.569. The summed E-state index contributed by atoms with van der Waals surface area (Å²) in [6.45, 7) is 1.26. The minimum Gasteiger partial charge on any atom is -0.381 e. The summed E-state index contributed by atoms with van der Waals surface area (Å²) in [7, 11) is 1.81. The highest BCUT2D eigenvalue weighted by Crippen LogP contribution is 2.21. The van der Waals surface area contributed by atoms with E-state index in [1.165, 1.54) is 0 Å². The molecule has 2 N–H and O–H groups in total. The third-order valence-corrected chi connectivity index (χ3v) is 2.95. The molecular formula is C11H17N3O2. The van der Waals surface area contributed by atoms with Crippen LogP contribution in [0.1, 0.15) is 24.4 Å². The molecule has 88 valence electrons. The van der Waals surface area contributed by atoms with Gasteiger partial charge in [0.25, 0.3) is 0 Å². The molecule has 2 rings (SSSR count). The van der Waals surface area contributed by atoms with Crippen LogP contribution in [0.4, 0.5) is 0 Å². The number of carbonyl (C=O) groups excluding carboxylic acids is 1. The lowest BCUT2D eigenvalue weighted by atomic mass is 9.91. The molecule has 2 heterocycles. The van der Waals surface area contributed by atoms with Gasteiger partial charge in [-0.1, -0.05) is 0 Å². The minimum atomic E-state index is -0.569. The molecule has 2 atom stereocenters. The van der Waals surface area contributed by atoms with Gasteiger partial charge >= 0.3 is 0 Å². The van der Waals surface area contributed by atoms with Gasteiger partial charge in [0, 0.05) is 31.3 Å². The van der Waals surface area contributed by atoms with Crippen LogP contribution in [0.25, 0.3) is 0 Å². The Bertz CT molecular complexity index is 369. The van der Waals surface area contributed by atoms with Gasteiger partial charge in [0.15, 0.2) is 5.78 Å². The zero-order valence-corrected chi connectivity index (χ0v) is 9.43. The third kappa shape index (κ3) is 2.31. The molecule has 0 radical (unpaired) electrons. The molecule has 1 aliphatic heterocycles. The maximum atomic E-state index is 12.1. The van der Waals surface area contributed by atoms with Gasteiger partial charge in [-0.25, -0.2) is 0 Å². The van der Waals surface area contributed by atoms with Crippen LogP contribution in [0, 0.1) is 5.92 Å². The molecule has 0 bridgehead atoms. The predicted octanol–water partition coefficient (Wildman–Crippen LogP) is 0.416. The van der Waals surface area contributed by atoms with Crippen LogP contribution in [0.3, 0.4) is 0 Å². The van der Waals surface area contributed by atoms with E-state index in [9.17, 15) is 4.79 Å². The Labute approximate surface area is 94.6 Å². The fourth-order valence-corrected chi connectivity index (χ4v) is 1.98. The van der Waals surface area contributed by atoms with Crippen molar-refractivity contribution in [2.24, 2.45) is 18.7 Å². The zero-order valence-electron chi connectivity index (χ0n) is 9.43. The lowest BCUT2D eigenvalue weighted by molar-refractivity contribution is -0.128. The summed E-state index contributed by atoms with van der Waals surface area (Å²) in [6.07, 6.45) is 5.25. The lowest BCUT2D eigenvalue weighted by Crippen LogP contribution is -2.33. The fraction of sp³-hybridized carbons (Fsp3) is 0.636. The van der Waals surface area contributed by atoms with E-state index in [-0.39, 0.29) is 11.7 Å². The second-order valence-electron chi connectivity index (χ2n) is 4.24. The molecule has 16 heavy (non-hydrogen) atoms. The number of nitrogens with zero attached hydrogens (tertiary/aromatic N) is 2. The number of aromatic nitrogens is 2. The van der Waals surface area contributed by atoms with Crippen LogP contribution in [0.15, 0.2) is 12.4 Å². The Kier molecular flexibility index (Phi) is 3.36. The first kappa shape index (κ1) is 11.3. The molecule has 0 aliphatic carbocycles. The van der Waals surface area contributed by atoms with Crippen LogP contribution in [0.5, 0.6) is 0 Å². The molecule has 5 nitrogen and oxygen atoms in total. The average Bonchev–Trinajstić information content (AvgIpc) is 2.75. The van der Waals surface area contributed by atoms with E-state index >= 15 is 0 Å². The predicted molar refractivity (Wildman–Crippen MR) is 58.7 cm³/mol. The molecule has 2 unspecified atom stereocenters. The molecule has 1 aromatic rings. The molecule has 1 fully saturated rings. The van der Waals surface area contributed by atoms with E-state index < -0.39 is 6.04 Å². The number of carbonyl (C=O) groups is 1. The monoisotopic (exact) mass is 223 g/mol. The van der Waals surface area contributed by atoms with Crippen molar-refractivity contribution in [3.63, 3.8) is 0 Å². The van der Waals surface area contributed by atoms with Crippen molar-refractivity contribution in [3.05, 3.63) is 18.0 Å². The molecule has 5 heteroatoms. The number of hydrogen-bond acceptors (Lipinski definition) is 4. The molecule has 1 aromatic heterocycles. The van der Waals surface area contributed by atoms with E-state index in [1.54, 1.807) is 17.1 Å². The van der Waals surface area contributed by atoms with Crippen molar-refractivity contribution < 1.29 is 9.53 Å². The van der Waals surface area contributed by atoms with E-state index in [0.29, 0.717) is 6.61 Å². The molecule has 0 saturated carbocycles. The normalized spacial score (nSPS) is 23.0. The van der Waals surface area contributed by atoms with Gasteiger partial charge in [-0.3, -0.25) is 9.48 Å². The van der Waals surface area contributed by atoms with Gasteiger partial charge in [0.2, 0.25) is 0 Å². The fourth-order valence-electron chi connectivity index (χ4n) is 1.98. The standard InChI is InChI=1S/C11H17N3O2/c1-14-6-9(5-13-14)10(12)11(15)8-3-2-4-16-7-8/h5-6,8,10H,2-4,7,12H2,1H3. The first-order chi connectivity index (χ1) is 7.68. The second kappa shape index (κ2) is 4.76. The number of nitrogens with two attached hydrogens (primary N) is 1. The smallest absolute Gasteiger partial charge is 0.159 e. The van der Waals surface area contributed by atoms with E-state index in [0.717, 1.165) is 25.0 Å². The van der Waals surface area contributed by atoms with Gasteiger partial charge in [0.05, 0.1) is 18.8 Å². The molecule has 0 spiro atoms. The van der Waals surface area contributed by atoms with Crippen LogP contribution >= 0.6 is 0 Å². The number of aryl methyl sites for hydroxylation is 1. The molecule has 1 aliphatic rings. The van der Waals surface area contributed by atoms with Crippen molar-refractivity contribution in [3.8, 4) is 0 Å². The summed E-state index contributed by atoms with van der Waals surface area (Å²) in [5.74, 6) is 0.0108. The number of ether oxygens (including phenoxy) is 1. The Balaban J connectivity index is 2.03. The van der Waals surface area contributed by atoms with Crippen molar-refractivity contribution in [1.82, 2.24) is 9.78 Å². The van der Waals surface area contributed by atoms with Gasteiger partial charge in [-0.05, 0) is 12.8 Å². The third-order valence-electron chi connectivity index (χ3n) is 2.95. The maximum absolute atomic E-state index is 12.1. The van der Waals surface area contributed by atoms with Gasteiger partial charge in [0.1, 0.15) is 0 Å². The van der Waals surface area contributed by atoms with Gasteiger partial charge in [-0.2, -0.15) is 5.10 Å². The quantitative estimate of drug-likeness (QED) is 0.806. The van der Waals surface area contributed by atoms with Crippen molar-refractivity contribution in [1.29, 1.82) is 0 Å². The van der Waals surface area contributed by atoms with Gasteiger partial charge < -0.3 is 10.5 Å². The van der Waals surface area contributed by atoms with Crippen molar-refractivity contribution in [2.75, 3.05) is 13.2 Å². The average molecular weight is 223 g/mol. The summed E-state index contributed by atoms with van der Waals surface area (Å²) < 4.78 is 6.95. The lowest BCUT2D eigenvalue weighted by Gasteiger charge is -2.23. The van der Waals surface area contributed by atoms with Crippen molar-refractivity contribution in [2.45, 2.75) is 18.9 Å². The highest BCUT2D eigenvalue weighted by Gasteiger charge is 2.27. The topological polar surface area (TPSA) is 70.1 Å². The first-order valence-corrected chi connectivity index (χ1v) is 5.54. The number of Topliss-reactive ketones (excluding diaryl/α,β-unsaturated/α-hetero) is 1. The van der Waals surface area contributed by atoms with Crippen LogP contribution in [0.2, 0.25) is 0 Å². The summed E-state index contributed by atoms with van der Waals surface area (Å²) in [5, 5.41) is 4.02. The highest BCUT2D eigenvalue weighted by atomic mass is 16.5. The molecular weight excluding hydrogens is 206 g/mol. The SMILES string of the molecule is Cn1cc(C(N)C(=O)C2CCCOC2)cn1. The Morgan fingerprint density at radius 3 is 3.12 bits per heavy atom. The van der Waals surface area contributed by atoms with E-state index in [1.807, 2.05) is 7.05 Å². The molecule has 0 aromatic carbocycles. The molecule has 0 amide bonds. The van der Waals surface area contributed by atoms with Crippen LogP contribution < -0.4 is 5.73 Å². The summed E-state index contributed by atoms with van der Waals surface area (Å²) in [5.41, 5.74) is 6.70.